The number of carboxylic acid groups (broad SMARTS) is 1. The fraction of sp³-hybridized carbons (Fsp3) is 0.500. The Morgan fingerprint density at radius 1 is 1.08 bits per heavy atom. The molecule has 0 saturated carbocycles. The maximum Gasteiger partial charge on any atom is 0.335 e. The van der Waals surface area contributed by atoms with E-state index in [1.54, 1.807) is 35.6 Å². The third-order valence-electron chi connectivity index (χ3n) is 4.54. The quantitative estimate of drug-likeness (QED) is 0.727. The van der Waals surface area contributed by atoms with E-state index >= 15 is 0 Å². The van der Waals surface area contributed by atoms with Crippen LogP contribution in [0.15, 0.2) is 24.3 Å². The summed E-state index contributed by atoms with van der Waals surface area (Å²) in [4.78, 5) is 16.9. The predicted octanol–water partition coefficient (Wildman–Crippen LogP) is 6.01. The molecule has 1 heterocycles. The van der Waals surface area contributed by atoms with Gasteiger partial charge in [-0.2, -0.15) is 0 Å². The molecule has 25 heavy (non-hydrogen) atoms. The van der Waals surface area contributed by atoms with Crippen LogP contribution < -0.4 is 4.74 Å². The average molecular weight is 362 g/mol. The molecule has 2 aromatic rings. The fourth-order valence-electron chi connectivity index (χ4n) is 2.88. The molecule has 5 heteroatoms. The van der Waals surface area contributed by atoms with Crippen molar-refractivity contribution < 1.29 is 14.6 Å². The van der Waals surface area contributed by atoms with Crippen molar-refractivity contribution in [1.29, 1.82) is 0 Å². The fourth-order valence-corrected chi connectivity index (χ4v) is 4.13. The highest BCUT2D eigenvalue weighted by Gasteiger charge is 2.40. The van der Waals surface area contributed by atoms with Crippen molar-refractivity contribution >= 4 is 17.3 Å². The van der Waals surface area contributed by atoms with E-state index in [0.29, 0.717) is 10.9 Å². The number of benzene rings is 1. The molecule has 136 valence electrons. The number of aromatic carboxylic acids is 1. The summed E-state index contributed by atoms with van der Waals surface area (Å²) in [7, 11) is 0. The first kappa shape index (κ1) is 19.4. The number of aromatic nitrogens is 1. The first-order chi connectivity index (χ1) is 11.7. The van der Waals surface area contributed by atoms with Gasteiger partial charge >= 0.3 is 5.97 Å². The summed E-state index contributed by atoms with van der Waals surface area (Å²) in [5, 5.41) is 9.57. The van der Waals surface area contributed by atoms with Gasteiger partial charge < -0.3 is 9.84 Å². The minimum absolute atomic E-state index is 0.0656. The summed E-state index contributed by atoms with van der Waals surface area (Å²) >= 11 is 1.60. The molecule has 1 aromatic carbocycles. The van der Waals surface area contributed by atoms with E-state index in [0.717, 1.165) is 18.5 Å². The van der Waals surface area contributed by atoms with E-state index in [2.05, 4.69) is 27.7 Å². The summed E-state index contributed by atoms with van der Waals surface area (Å²) in [5.74, 6) is -0.332. The van der Waals surface area contributed by atoms with Crippen LogP contribution in [-0.4, -0.2) is 16.1 Å². The summed E-state index contributed by atoms with van der Waals surface area (Å²) < 4.78 is 5.87. The first-order valence-corrected chi connectivity index (χ1v) is 9.54. The van der Waals surface area contributed by atoms with E-state index in [4.69, 9.17) is 14.8 Å². The lowest BCUT2D eigenvalue weighted by atomic mass is 9.69. The molecule has 1 aliphatic carbocycles. The number of ether oxygens (including phenoxy) is 1. The zero-order valence-electron chi connectivity index (χ0n) is 15.8. The number of nitrogens with zero attached hydrogens (tertiary/aromatic N) is 1. The third kappa shape index (κ3) is 4.03. The number of rotatable bonds is 3. The molecule has 0 radical (unpaired) electrons. The zero-order chi connectivity index (χ0) is 18.8. The Labute approximate surface area is 153 Å². The number of carbonyl (C=O) groups is 1. The minimum Gasteiger partial charge on any atom is -0.478 e. The van der Waals surface area contributed by atoms with Crippen LogP contribution in [0.25, 0.3) is 0 Å². The molecule has 0 unspecified atom stereocenters. The number of hydrogen-bond donors (Lipinski definition) is 1. The van der Waals surface area contributed by atoms with Crippen molar-refractivity contribution in [3.05, 3.63) is 40.4 Å². The molecule has 3 rings (SSSR count). The highest BCUT2D eigenvalue weighted by atomic mass is 32.1. The molecule has 4 nitrogen and oxygen atoms in total. The van der Waals surface area contributed by atoms with Gasteiger partial charge in [-0.3, -0.25) is 0 Å². The average Bonchev–Trinajstić information content (AvgIpc) is 3.01. The normalized spacial score (nSPS) is 17.0. The van der Waals surface area contributed by atoms with Gasteiger partial charge in [0, 0.05) is 15.7 Å². The van der Waals surface area contributed by atoms with Gasteiger partial charge in [0.1, 0.15) is 5.75 Å². The van der Waals surface area contributed by atoms with Crippen molar-refractivity contribution in [2.45, 2.75) is 65.2 Å². The van der Waals surface area contributed by atoms with Crippen LogP contribution in [0.5, 0.6) is 10.9 Å². The van der Waals surface area contributed by atoms with Gasteiger partial charge in [0.25, 0.3) is 5.19 Å². The van der Waals surface area contributed by atoms with Gasteiger partial charge in [-0.1, -0.05) is 52.9 Å². The Bertz CT molecular complexity index is 711. The molecule has 1 N–H and O–H groups in total. The Hall–Kier alpha value is -1.88. The molecule has 1 aromatic heterocycles. The lowest BCUT2D eigenvalue weighted by Crippen LogP contribution is -2.32. The van der Waals surface area contributed by atoms with Gasteiger partial charge in [0.05, 0.1) is 11.3 Å². The highest BCUT2D eigenvalue weighted by molar-refractivity contribution is 7.13. The molecule has 0 saturated heterocycles. The lowest BCUT2D eigenvalue weighted by Gasteiger charge is -2.37. The van der Waals surface area contributed by atoms with Crippen molar-refractivity contribution in [3.8, 4) is 10.9 Å². The molecule has 1 aliphatic rings. The van der Waals surface area contributed by atoms with Gasteiger partial charge in [-0.15, -0.1) is 0 Å². The van der Waals surface area contributed by atoms with Crippen LogP contribution in [0.2, 0.25) is 0 Å². The van der Waals surface area contributed by atoms with E-state index in [-0.39, 0.29) is 16.4 Å². The second-order valence-corrected chi connectivity index (χ2v) is 8.32. The van der Waals surface area contributed by atoms with Crippen molar-refractivity contribution in [2.24, 2.45) is 0 Å². The maximum absolute atomic E-state index is 10.9. The SMILES string of the molecule is CC.CC1(C)CCC(C)(C)c2sc(Oc3ccc(C(=O)O)cc3)nc21. The largest absolute Gasteiger partial charge is 0.478 e. The summed E-state index contributed by atoms with van der Waals surface area (Å²) in [6, 6.07) is 6.42. The van der Waals surface area contributed by atoms with Crippen LogP contribution in [0.1, 0.15) is 75.3 Å². The van der Waals surface area contributed by atoms with Gasteiger partial charge in [-0.25, -0.2) is 9.78 Å². The monoisotopic (exact) mass is 361 g/mol. The molecule has 0 spiro atoms. The van der Waals surface area contributed by atoms with Gasteiger partial charge in [-0.05, 0) is 37.1 Å². The van der Waals surface area contributed by atoms with Gasteiger partial charge in [0.2, 0.25) is 0 Å². The molecule has 0 fully saturated rings. The van der Waals surface area contributed by atoms with Crippen LogP contribution in [0.3, 0.4) is 0 Å². The van der Waals surface area contributed by atoms with E-state index < -0.39 is 5.97 Å². The molecular formula is C20H27NO3S. The maximum atomic E-state index is 10.9. The van der Waals surface area contributed by atoms with Crippen molar-refractivity contribution in [1.82, 2.24) is 4.98 Å². The van der Waals surface area contributed by atoms with Crippen LogP contribution >= 0.6 is 11.3 Å². The molecular weight excluding hydrogens is 334 g/mol. The van der Waals surface area contributed by atoms with Gasteiger partial charge in [0.15, 0.2) is 0 Å². The number of thiazole rings is 1. The third-order valence-corrected chi connectivity index (χ3v) is 5.84. The minimum atomic E-state index is -0.940. The summed E-state index contributed by atoms with van der Waals surface area (Å²) in [6.45, 7) is 13.0. The molecule has 0 amide bonds. The number of carboxylic acids is 1. The van der Waals surface area contributed by atoms with E-state index in [9.17, 15) is 4.79 Å². The smallest absolute Gasteiger partial charge is 0.335 e. The van der Waals surface area contributed by atoms with E-state index in [1.165, 1.54) is 4.88 Å². The topological polar surface area (TPSA) is 59.4 Å². The number of hydrogen-bond acceptors (Lipinski definition) is 4. The Balaban J connectivity index is 0.00000109. The van der Waals surface area contributed by atoms with Crippen molar-refractivity contribution in [2.75, 3.05) is 0 Å². The molecule has 0 bridgehead atoms. The highest BCUT2D eigenvalue weighted by Crippen LogP contribution is 2.49. The Morgan fingerprint density at radius 2 is 1.64 bits per heavy atom. The molecule has 0 aliphatic heterocycles. The summed E-state index contributed by atoms with van der Waals surface area (Å²) in [6.07, 6.45) is 2.26. The van der Waals surface area contributed by atoms with Crippen LogP contribution in [0, 0.1) is 0 Å². The second kappa shape index (κ2) is 7.16. The van der Waals surface area contributed by atoms with Crippen molar-refractivity contribution in [3.63, 3.8) is 0 Å². The van der Waals surface area contributed by atoms with Crippen LogP contribution in [0.4, 0.5) is 0 Å². The second-order valence-electron chi connectivity index (χ2n) is 7.36. The summed E-state index contributed by atoms with van der Waals surface area (Å²) in [5.41, 5.74) is 1.57. The molecule has 0 atom stereocenters. The lowest BCUT2D eigenvalue weighted by molar-refractivity contribution is 0.0697. The van der Waals surface area contributed by atoms with E-state index in [1.807, 2.05) is 13.8 Å². The predicted molar refractivity (Wildman–Crippen MR) is 102 cm³/mol. The Kier molecular flexibility index (Phi) is 5.57. The van der Waals surface area contributed by atoms with Crippen LogP contribution in [-0.2, 0) is 10.8 Å². The Morgan fingerprint density at radius 3 is 2.16 bits per heavy atom. The first-order valence-electron chi connectivity index (χ1n) is 8.72. The standard InChI is InChI=1S/C18H21NO3S.C2H6/c1-17(2)9-10-18(3,4)14-13(17)19-16(23-14)22-12-7-5-11(6-8-12)15(20)21;1-2/h5-8H,9-10H2,1-4H3,(H,20,21);1-2H3. The zero-order valence-corrected chi connectivity index (χ0v) is 16.7. The number of fused-ring (bicyclic) bond motifs is 1.